The van der Waals surface area contributed by atoms with Gasteiger partial charge in [0.05, 0.1) is 18.9 Å². The third kappa shape index (κ3) is 5.77. The Balaban J connectivity index is 1.29. The Hall–Kier alpha value is -2.12. The van der Waals surface area contributed by atoms with Gasteiger partial charge in [0.15, 0.2) is 5.96 Å². The fraction of sp³-hybridized carbons (Fsp3) is 0.667. The molecule has 4 rings (SSSR count). The molecule has 0 spiro atoms. The van der Waals surface area contributed by atoms with Crippen LogP contribution in [0.5, 0.6) is 0 Å². The van der Waals surface area contributed by atoms with Crippen molar-refractivity contribution in [1.29, 1.82) is 0 Å². The molecule has 2 aliphatic rings. The van der Waals surface area contributed by atoms with E-state index in [0.29, 0.717) is 5.41 Å². The number of aliphatic imine (C=N–C) groups is 1. The maximum Gasteiger partial charge on any atom is 0.191 e. The van der Waals surface area contributed by atoms with Crippen LogP contribution >= 0.6 is 0 Å². The van der Waals surface area contributed by atoms with Crippen LogP contribution in [0, 0.1) is 12.3 Å². The molecule has 1 saturated carbocycles. The van der Waals surface area contributed by atoms with Gasteiger partial charge in [-0.05, 0) is 31.4 Å². The molecule has 2 fully saturated rings. The highest BCUT2D eigenvalue weighted by Crippen LogP contribution is 2.36. The van der Waals surface area contributed by atoms with Crippen molar-refractivity contribution in [3.05, 3.63) is 35.8 Å². The highest BCUT2D eigenvalue weighted by atomic mass is 16.5. The number of ether oxygens (including phenoxy) is 1. The van der Waals surface area contributed by atoms with Crippen molar-refractivity contribution < 1.29 is 4.74 Å². The number of morpholine rings is 1. The van der Waals surface area contributed by atoms with Crippen LogP contribution in [0.1, 0.15) is 43.4 Å². The van der Waals surface area contributed by atoms with E-state index >= 15 is 0 Å². The topological polar surface area (TPSA) is 66.2 Å². The SMILES string of the molecule is CN=C(NCCc1cn2cccc(C)c2n1)NCC1(CN2CCOCC2)CCCCC1. The van der Waals surface area contributed by atoms with Crippen molar-refractivity contribution in [2.45, 2.75) is 45.4 Å². The van der Waals surface area contributed by atoms with Gasteiger partial charge in [0.1, 0.15) is 5.65 Å². The van der Waals surface area contributed by atoms with Gasteiger partial charge in [0, 0.05) is 64.0 Å². The second-order valence-corrected chi connectivity index (χ2v) is 9.21. The summed E-state index contributed by atoms with van der Waals surface area (Å²) in [5, 5.41) is 7.14. The second kappa shape index (κ2) is 10.5. The van der Waals surface area contributed by atoms with Crippen LogP contribution in [0.3, 0.4) is 0 Å². The smallest absolute Gasteiger partial charge is 0.191 e. The molecule has 7 heteroatoms. The maximum absolute atomic E-state index is 5.55. The number of aromatic nitrogens is 2. The number of fused-ring (bicyclic) bond motifs is 1. The van der Waals surface area contributed by atoms with Crippen LogP contribution in [-0.4, -0.2) is 73.2 Å². The van der Waals surface area contributed by atoms with Crippen molar-refractivity contribution >= 4 is 11.6 Å². The van der Waals surface area contributed by atoms with Crippen molar-refractivity contribution in [3.63, 3.8) is 0 Å². The van der Waals surface area contributed by atoms with Gasteiger partial charge in [0.2, 0.25) is 0 Å². The van der Waals surface area contributed by atoms with E-state index in [0.717, 1.165) is 63.1 Å². The minimum Gasteiger partial charge on any atom is -0.379 e. The molecular formula is C24H38N6O. The monoisotopic (exact) mass is 426 g/mol. The number of nitrogens with zero attached hydrogens (tertiary/aromatic N) is 4. The van der Waals surface area contributed by atoms with E-state index in [1.807, 2.05) is 7.05 Å². The molecule has 1 aliphatic carbocycles. The summed E-state index contributed by atoms with van der Waals surface area (Å²) >= 11 is 0. The molecule has 1 saturated heterocycles. The Kier molecular flexibility index (Phi) is 7.45. The molecule has 7 nitrogen and oxygen atoms in total. The van der Waals surface area contributed by atoms with Gasteiger partial charge in [-0.2, -0.15) is 0 Å². The lowest BCUT2D eigenvalue weighted by molar-refractivity contribution is 0.00820. The number of pyridine rings is 1. The van der Waals surface area contributed by atoms with Gasteiger partial charge in [-0.3, -0.25) is 9.89 Å². The number of hydrogen-bond acceptors (Lipinski definition) is 4. The summed E-state index contributed by atoms with van der Waals surface area (Å²) in [5.74, 6) is 0.895. The zero-order valence-corrected chi connectivity index (χ0v) is 19.2. The third-order valence-electron chi connectivity index (χ3n) is 6.83. The lowest BCUT2D eigenvalue weighted by Gasteiger charge is -2.42. The van der Waals surface area contributed by atoms with E-state index in [1.54, 1.807) is 0 Å². The predicted molar refractivity (Wildman–Crippen MR) is 126 cm³/mol. The van der Waals surface area contributed by atoms with E-state index < -0.39 is 0 Å². The van der Waals surface area contributed by atoms with E-state index in [9.17, 15) is 0 Å². The van der Waals surface area contributed by atoms with Gasteiger partial charge in [-0.1, -0.05) is 25.3 Å². The number of aryl methyl sites for hydroxylation is 1. The van der Waals surface area contributed by atoms with Gasteiger partial charge >= 0.3 is 0 Å². The Bertz CT molecular complexity index is 864. The van der Waals surface area contributed by atoms with Crippen LogP contribution in [0.25, 0.3) is 5.65 Å². The fourth-order valence-electron chi connectivity index (χ4n) is 5.05. The Morgan fingerprint density at radius 1 is 1.19 bits per heavy atom. The number of imidazole rings is 1. The fourth-order valence-corrected chi connectivity index (χ4v) is 5.05. The van der Waals surface area contributed by atoms with E-state index in [2.05, 4.69) is 56.4 Å². The van der Waals surface area contributed by atoms with Gasteiger partial charge in [-0.25, -0.2) is 4.98 Å². The molecule has 170 valence electrons. The standard InChI is InChI=1S/C24H38N6O/c1-20-7-6-12-30-17-21(28-22(20)30)8-11-26-23(25-2)27-18-24(9-4-3-5-10-24)19-29-13-15-31-16-14-29/h6-7,12,17H,3-5,8-11,13-16,18-19H2,1-2H3,(H2,25,26,27). The molecule has 31 heavy (non-hydrogen) atoms. The molecule has 1 aliphatic heterocycles. The minimum atomic E-state index is 0.340. The molecule has 0 atom stereocenters. The number of guanidine groups is 1. The molecule has 0 unspecified atom stereocenters. The highest BCUT2D eigenvalue weighted by Gasteiger charge is 2.34. The largest absolute Gasteiger partial charge is 0.379 e. The second-order valence-electron chi connectivity index (χ2n) is 9.21. The van der Waals surface area contributed by atoms with Crippen LogP contribution in [-0.2, 0) is 11.2 Å². The number of hydrogen-bond donors (Lipinski definition) is 2. The summed E-state index contributed by atoms with van der Waals surface area (Å²) in [7, 11) is 1.86. The molecule has 2 aromatic heterocycles. The van der Waals surface area contributed by atoms with Gasteiger partial charge < -0.3 is 19.8 Å². The van der Waals surface area contributed by atoms with E-state index in [1.165, 1.54) is 44.2 Å². The summed E-state index contributed by atoms with van der Waals surface area (Å²) in [6.45, 7) is 8.94. The Morgan fingerprint density at radius 2 is 2.00 bits per heavy atom. The highest BCUT2D eigenvalue weighted by molar-refractivity contribution is 5.79. The number of rotatable bonds is 7. The van der Waals surface area contributed by atoms with Crippen molar-refractivity contribution in [1.82, 2.24) is 24.9 Å². The average molecular weight is 427 g/mol. The molecule has 0 bridgehead atoms. The summed E-state index contributed by atoms with van der Waals surface area (Å²) in [6.07, 6.45) is 11.7. The Morgan fingerprint density at radius 3 is 2.74 bits per heavy atom. The Labute approximate surface area is 186 Å². The molecule has 0 amide bonds. The summed E-state index contributed by atoms with van der Waals surface area (Å²) < 4.78 is 7.66. The first-order valence-corrected chi connectivity index (χ1v) is 11.9. The first-order chi connectivity index (χ1) is 15.2. The van der Waals surface area contributed by atoms with Crippen LogP contribution < -0.4 is 10.6 Å². The zero-order chi connectivity index (χ0) is 21.5. The first kappa shape index (κ1) is 22.1. The third-order valence-corrected chi connectivity index (χ3v) is 6.83. The van der Waals surface area contributed by atoms with Crippen molar-refractivity contribution in [2.24, 2.45) is 10.4 Å². The zero-order valence-electron chi connectivity index (χ0n) is 19.2. The van der Waals surface area contributed by atoms with Crippen LogP contribution in [0.2, 0.25) is 0 Å². The predicted octanol–water partition coefficient (Wildman–Crippen LogP) is 2.63. The summed E-state index contributed by atoms with van der Waals surface area (Å²) in [6, 6.07) is 4.17. The van der Waals surface area contributed by atoms with Crippen LogP contribution in [0.15, 0.2) is 29.5 Å². The summed E-state index contributed by atoms with van der Waals surface area (Å²) in [4.78, 5) is 11.8. The lowest BCUT2D eigenvalue weighted by Crippen LogP contribution is -2.51. The first-order valence-electron chi connectivity index (χ1n) is 11.9. The quantitative estimate of drug-likeness (QED) is 0.526. The average Bonchev–Trinajstić information content (AvgIpc) is 3.22. The maximum atomic E-state index is 5.55. The molecule has 2 aromatic rings. The van der Waals surface area contributed by atoms with Crippen molar-refractivity contribution in [2.75, 3.05) is 53.0 Å². The van der Waals surface area contributed by atoms with E-state index in [-0.39, 0.29) is 0 Å². The summed E-state index contributed by atoms with van der Waals surface area (Å²) in [5.41, 5.74) is 3.69. The molecule has 2 N–H and O–H groups in total. The minimum absolute atomic E-state index is 0.340. The normalized spacial score (nSPS) is 20.1. The molecule has 3 heterocycles. The van der Waals surface area contributed by atoms with Gasteiger partial charge in [-0.15, -0.1) is 0 Å². The molecule has 0 radical (unpaired) electrons. The van der Waals surface area contributed by atoms with Gasteiger partial charge in [0.25, 0.3) is 0 Å². The molecular weight excluding hydrogens is 388 g/mol. The lowest BCUT2D eigenvalue weighted by atomic mass is 9.73. The van der Waals surface area contributed by atoms with Crippen molar-refractivity contribution in [3.8, 4) is 0 Å². The number of nitrogens with one attached hydrogen (secondary N) is 2. The van der Waals surface area contributed by atoms with E-state index in [4.69, 9.17) is 9.72 Å². The molecule has 0 aromatic carbocycles. The van der Waals surface area contributed by atoms with Crippen LogP contribution in [0.4, 0.5) is 0 Å².